The third-order valence-corrected chi connectivity index (χ3v) is 3.49. The highest BCUT2D eigenvalue weighted by Gasteiger charge is 2.34. The van der Waals surface area contributed by atoms with Gasteiger partial charge in [-0.05, 0) is 12.1 Å². The van der Waals surface area contributed by atoms with E-state index in [4.69, 9.17) is 0 Å². The summed E-state index contributed by atoms with van der Waals surface area (Å²) in [6.07, 6.45) is 0. The standard InChI is InChI=1S/C14H8O6S/c15-9-5-6-10(20-21(18)19)12-11(9)13(16)7-3-1-2-4-8(7)14(12)17/h1-6,15H,(H,18,19)/p-1. The highest BCUT2D eigenvalue weighted by molar-refractivity contribution is 7.74. The average Bonchev–Trinajstić information content (AvgIpc) is 2.46. The molecule has 1 unspecified atom stereocenters. The van der Waals surface area contributed by atoms with Gasteiger partial charge < -0.3 is 13.8 Å². The SMILES string of the molecule is O=C1c2ccccc2C(=O)c2c(OS(=O)[O-])ccc(O)c21. The highest BCUT2D eigenvalue weighted by Crippen LogP contribution is 2.38. The minimum atomic E-state index is -2.90. The van der Waals surface area contributed by atoms with Crippen LogP contribution in [0.5, 0.6) is 11.5 Å². The summed E-state index contributed by atoms with van der Waals surface area (Å²) < 4.78 is 25.9. The highest BCUT2D eigenvalue weighted by atomic mass is 32.2. The van der Waals surface area contributed by atoms with Gasteiger partial charge in [-0.15, -0.1) is 0 Å². The molecule has 1 atom stereocenters. The number of hydrogen-bond donors (Lipinski definition) is 1. The molecular weight excluding hydrogens is 296 g/mol. The van der Waals surface area contributed by atoms with Crippen molar-refractivity contribution in [1.29, 1.82) is 0 Å². The molecule has 0 aliphatic heterocycles. The number of benzene rings is 2. The molecule has 0 saturated heterocycles. The van der Waals surface area contributed by atoms with Crippen molar-refractivity contribution in [1.82, 2.24) is 0 Å². The number of rotatable bonds is 2. The third-order valence-electron chi connectivity index (χ3n) is 3.17. The molecule has 0 saturated carbocycles. The van der Waals surface area contributed by atoms with Crippen molar-refractivity contribution in [2.24, 2.45) is 0 Å². The van der Waals surface area contributed by atoms with Gasteiger partial charge in [0.05, 0.1) is 11.1 Å². The monoisotopic (exact) mass is 303 g/mol. The number of phenols is 1. The van der Waals surface area contributed by atoms with Crippen LogP contribution in [0.15, 0.2) is 36.4 Å². The fraction of sp³-hybridized carbons (Fsp3) is 0. The maximum atomic E-state index is 12.5. The van der Waals surface area contributed by atoms with Crippen LogP contribution < -0.4 is 4.18 Å². The molecule has 2 aromatic rings. The smallest absolute Gasteiger partial charge is 0.198 e. The molecule has 1 aliphatic rings. The fourth-order valence-electron chi connectivity index (χ4n) is 2.32. The van der Waals surface area contributed by atoms with Crippen LogP contribution in [0.4, 0.5) is 0 Å². The van der Waals surface area contributed by atoms with E-state index in [1.165, 1.54) is 12.1 Å². The molecule has 0 fully saturated rings. The van der Waals surface area contributed by atoms with E-state index in [9.17, 15) is 23.5 Å². The normalized spacial score (nSPS) is 14.3. The second-order valence-corrected chi connectivity index (χ2v) is 4.90. The number of ketones is 2. The maximum absolute atomic E-state index is 12.5. The first-order valence-electron chi connectivity index (χ1n) is 5.82. The van der Waals surface area contributed by atoms with E-state index in [0.29, 0.717) is 0 Å². The summed E-state index contributed by atoms with van der Waals surface area (Å²) in [6.45, 7) is 0. The summed E-state index contributed by atoms with van der Waals surface area (Å²) in [7, 11) is 0. The number of carbonyl (C=O) groups is 2. The Morgan fingerprint density at radius 3 is 2.10 bits per heavy atom. The van der Waals surface area contributed by atoms with Crippen LogP contribution in [0.2, 0.25) is 0 Å². The van der Waals surface area contributed by atoms with Crippen molar-refractivity contribution in [3.05, 3.63) is 58.7 Å². The van der Waals surface area contributed by atoms with Crippen LogP contribution >= 0.6 is 0 Å². The zero-order chi connectivity index (χ0) is 15.1. The predicted molar refractivity (Wildman–Crippen MR) is 71.0 cm³/mol. The minimum Gasteiger partial charge on any atom is -0.740 e. The van der Waals surface area contributed by atoms with Gasteiger partial charge in [0, 0.05) is 11.1 Å². The van der Waals surface area contributed by atoms with Crippen LogP contribution in [0.25, 0.3) is 0 Å². The summed E-state index contributed by atoms with van der Waals surface area (Å²) in [5, 5.41) is 9.85. The van der Waals surface area contributed by atoms with Gasteiger partial charge in [-0.1, -0.05) is 24.3 Å². The lowest BCUT2D eigenvalue weighted by atomic mass is 9.83. The fourth-order valence-corrected chi connectivity index (χ4v) is 2.60. The van der Waals surface area contributed by atoms with E-state index >= 15 is 0 Å². The Hall–Kier alpha value is -2.51. The van der Waals surface area contributed by atoms with E-state index < -0.39 is 28.7 Å². The Morgan fingerprint density at radius 1 is 0.952 bits per heavy atom. The molecule has 0 bridgehead atoms. The average molecular weight is 303 g/mol. The molecule has 1 N–H and O–H groups in total. The molecule has 0 aromatic heterocycles. The molecule has 0 heterocycles. The third kappa shape index (κ3) is 2.03. The van der Waals surface area contributed by atoms with Gasteiger partial charge in [0.1, 0.15) is 17.1 Å². The number of carbonyl (C=O) groups excluding carboxylic acids is 2. The molecule has 106 valence electrons. The molecule has 0 amide bonds. The van der Waals surface area contributed by atoms with E-state index in [1.54, 1.807) is 12.1 Å². The predicted octanol–water partition coefficient (Wildman–Crippen LogP) is 1.34. The Bertz CT molecular complexity index is 811. The lowest BCUT2D eigenvalue weighted by Crippen LogP contribution is -2.22. The van der Waals surface area contributed by atoms with Gasteiger partial charge in [0.25, 0.3) is 0 Å². The summed E-state index contributed by atoms with van der Waals surface area (Å²) in [4.78, 5) is 24.9. The zero-order valence-corrected chi connectivity index (χ0v) is 11.2. The van der Waals surface area contributed by atoms with E-state index in [2.05, 4.69) is 4.18 Å². The first kappa shape index (κ1) is 13.5. The molecule has 2 aromatic carbocycles. The topological polar surface area (TPSA) is 104 Å². The minimum absolute atomic E-state index is 0.141. The molecule has 0 spiro atoms. The summed E-state index contributed by atoms with van der Waals surface area (Å²) in [5.74, 6) is -1.82. The first-order chi connectivity index (χ1) is 10.0. The first-order valence-corrected chi connectivity index (χ1v) is 6.82. The Balaban J connectivity index is 2.31. The lowest BCUT2D eigenvalue weighted by Gasteiger charge is -2.21. The number of phenolic OH excluding ortho intramolecular Hbond substituents is 1. The van der Waals surface area contributed by atoms with Crippen molar-refractivity contribution in [2.75, 3.05) is 0 Å². The number of aromatic hydroxyl groups is 1. The number of fused-ring (bicyclic) bond motifs is 2. The lowest BCUT2D eigenvalue weighted by molar-refractivity contribution is 0.0975. The molecule has 1 aliphatic carbocycles. The Labute approximate surface area is 121 Å². The van der Waals surface area contributed by atoms with Crippen molar-refractivity contribution >= 4 is 22.9 Å². The number of hydrogen-bond acceptors (Lipinski definition) is 6. The van der Waals surface area contributed by atoms with Gasteiger partial charge in [-0.3, -0.25) is 9.59 Å². The van der Waals surface area contributed by atoms with Crippen LogP contribution in [-0.2, 0) is 11.4 Å². The van der Waals surface area contributed by atoms with Crippen LogP contribution in [0.1, 0.15) is 31.8 Å². The molecule has 6 nitrogen and oxygen atoms in total. The Kier molecular flexibility index (Phi) is 3.08. The van der Waals surface area contributed by atoms with Crippen molar-refractivity contribution in [3.8, 4) is 11.5 Å². The van der Waals surface area contributed by atoms with Crippen molar-refractivity contribution in [3.63, 3.8) is 0 Å². The second kappa shape index (κ2) is 4.80. The van der Waals surface area contributed by atoms with Crippen LogP contribution in [0, 0.1) is 0 Å². The molecule has 21 heavy (non-hydrogen) atoms. The molecular formula is C14H7O6S-. The zero-order valence-electron chi connectivity index (χ0n) is 10.4. The molecule has 7 heteroatoms. The van der Waals surface area contributed by atoms with Crippen LogP contribution in [-0.4, -0.2) is 25.4 Å². The van der Waals surface area contributed by atoms with Crippen molar-refractivity contribution < 1.29 is 27.6 Å². The van der Waals surface area contributed by atoms with Gasteiger partial charge in [0.2, 0.25) is 0 Å². The largest absolute Gasteiger partial charge is 0.740 e. The van der Waals surface area contributed by atoms with Crippen LogP contribution in [0.3, 0.4) is 0 Å². The van der Waals surface area contributed by atoms with Gasteiger partial charge in [-0.25, -0.2) is 4.21 Å². The van der Waals surface area contributed by atoms with E-state index in [1.807, 2.05) is 0 Å². The maximum Gasteiger partial charge on any atom is 0.198 e. The second-order valence-electron chi connectivity index (χ2n) is 4.32. The summed E-state index contributed by atoms with van der Waals surface area (Å²) in [6, 6.07) is 8.35. The molecule has 3 rings (SSSR count). The summed E-state index contributed by atoms with van der Waals surface area (Å²) in [5.41, 5.74) is -0.197. The Morgan fingerprint density at radius 2 is 1.52 bits per heavy atom. The van der Waals surface area contributed by atoms with Crippen molar-refractivity contribution in [2.45, 2.75) is 0 Å². The van der Waals surface area contributed by atoms with Gasteiger partial charge in [-0.2, -0.15) is 0 Å². The van der Waals surface area contributed by atoms with E-state index in [0.717, 1.165) is 12.1 Å². The summed E-state index contributed by atoms with van der Waals surface area (Å²) >= 11 is -2.90. The quantitative estimate of drug-likeness (QED) is 0.716. The molecule has 0 radical (unpaired) electrons. The van der Waals surface area contributed by atoms with Gasteiger partial charge >= 0.3 is 0 Å². The van der Waals surface area contributed by atoms with Gasteiger partial charge in [0.15, 0.2) is 17.3 Å². The van der Waals surface area contributed by atoms with E-state index in [-0.39, 0.29) is 28.0 Å².